The molecule has 2 amide bonds. The largest absolute Gasteiger partial charge is 0.456 e. The van der Waals surface area contributed by atoms with Crippen molar-refractivity contribution in [3.05, 3.63) is 48.2 Å². The lowest BCUT2D eigenvalue weighted by atomic mass is 9.89. The van der Waals surface area contributed by atoms with Crippen LogP contribution in [0.15, 0.2) is 52.2 Å². The maximum absolute atomic E-state index is 12.7. The Bertz CT molecular complexity index is 725. The predicted molar refractivity (Wildman–Crippen MR) is 97.7 cm³/mol. The van der Waals surface area contributed by atoms with Crippen LogP contribution in [0.1, 0.15) is 23.2 Å². The number of amides is 2. The minimum atomic E-state index is -0.370. The Kier molecular flexibility index (Phi) is 5.78. The lowest BCUT2D eigenvalue weighted by molar-refractivity contribution is 0.0857. The van der Waals surface area contributed by atoms with E-state index in [0.717, 1.165) is 37.9 Å². The van der Waals surface area contributed by atoms with Crippen molar-refractivity contribution in [2.75, 3.05) is 25.5 Å². The molecule has 2 aromatic rings. The number of Topliss-reactive ketones (excluding diaryl/α,β-unsaturated/α-hetero) is 1. The van der Waals surface area contributed by atoms with Crippen LogP contribution in [0.25, 0.3) is 0 Å². The SMILES string of the molecule is CN1CCC(C(=O)c2cccc(NC(=O)NSc3ccco3)c2)CC1. The lowest BCUT2D eigenvalue weighted by Gasteiger charge is -2.28. The number of piperidine rings is 1. The Morgan fingerprint density at radius 3 is 2.72 bits per heavy atom. The first-order chi connectivity index (χ1) is 12.1. The van der Waals surface area contributed by atoms with E-state index in [1.54, 1.807) is 42.7 Å². The molecule has 3 rings (SSSR count). The summed E-state index contributed by atoms with van der Waals surface area (Å²) in [6.45, 7) is 1.89. The van der Waals surface area contributed by atoms with Crippen LogP contribution in [-0.2, 0) is 0 Å². The van der Waals surface area contributed by atoms with Gasteiger partial charge in [0, 0.05) is 29.1 Å². The van der Waals surface area contributed by atoms with Crippen LogP contribution in [0, 0.1) is 5.92 Å². The van der Waals surface area contributed by atoms with Crippen LogP contribution in [0.3, 0.4) is 0 Å². The summed E-state index contributed by atoms with van der Waals surface area (Å²) in [6.07, 6.45) is 3.31. The number of carbonyl (C=O) groups is 2. The molecule has 0 unspecified atom stereocenters. The van der Waals surface area contributed by atoms with Gasteiger partial charge in [-0.2, -0.15) is 0 Å². The fourth-order valence-corrected chi connectivity index (χ4v) is 3.33. The van der Waals surface area contributed by atoms with Gasteiger partial charge in [-0.25, -0.2) is 4.79 Å². The lowest BCUT2D eigenvalue weighted by Crippen LogP contribution is -2.33. The first kappa shape index (κ1) is 17.6. The Morgan fingerprint density at radius 2 is 2.00 bits per heavy atom. The second-order valence-corrected chi connectivity index (χ2v) is 6.92. The molecule has 0 aliphatic carbocycles. The van der Waals surface area contributed by atoms with Gasteiger partial charge >= 0.3 is 6.03 Å². The van der Waals surface area contributed by atoms with Crippen molar-refractivity contribution in [1.82, 2.24) is 9.62 Å². The Balaban J connectivity index is 1.57. The maximum Gasteiger partial charge on any atom is 0.329 e. The summed E-state index contributed by atoms with van der Waals surface area (Å²) in [5.74, 6) is 0.219. The Hall–Kier alpha value is -2.25. The van der Waals surface area contributed by atoms with E-state index in [-0.39, 0.29) is 17.7 Å². The van der Waals surface area contributed by atoms with Gasteiger partial charge in [-0.1, -0.05) is 12.1 Å². The van der Waals surface area contributed by atoms with Crippen LogP contribution in [0.5, 0.6) is 0 Å². The summed E-state index contributed by atoms with van der Waals surface area (Å²) in [7, 11) is 2.07. The van der Waals surface area contributed by atoms with Crippen molar-refractivity contribution < 1.29 is 14.0 Å². The normalized spacial score (nSPS) is 15.7. The highest BCUT2D eigenvalue weighted by Crippen LogP contribution is 2.22. The van der Waals surface area contributed by atoms with Gasteiger partial charge in [0.25, 0.3) is 0 Å². The second kappa shape index (κ2) is 8.22. The molecular weight excluding hydrogens is 338 g/mol. The predicted octanol–water partition coefficient (Wildman–Crippen LogP) is 3.63. The molecule has 0 saturated carbocycles. The Morgan fingerprint density at radius 1 is 1.20 bits per heavy atom. The quantitative estimate of drug-likeness (QED) is 0.630. The molecule has 1 aliphatic rings. The molecule has 0 atom stereocenters. The number of urea groups is 1. The number of anilines is 1. The molecule has 132 valence electrons. The zero-order valence-electron chi connectivity index (χ0n) is 14.0. The van der Waals surface area contributed by atoms with Gasteiger partial charge in [0.1, 0.15) is 0 Å². The number of hydrogen-bond donors (Lipinski definition) is 2. The van der Waals surface area contributed by atoms with Crippen LogP contribution in [0.4, 0.5) is 10.5 Å². The zero-order valence-corrected chi connectivity index (χ0v) is 14.8. The Labute approximate surface area is 151 Å². The molecular formula is C18H21N3O3S. The first-order valence-electron chi connectivity index (χ1n) is 8.22. The number of carbonyl (C=O) groups excluding carboxylic acids is 2. The number of likely N-dealkylation sites (tertiary alicyclic amines) is 1. The smallest absolute Gasteiger partial charge is 0.329 e. The topological polar surface area (TPSA) is 74.6 Å². The average molecular weight is 359 g/mol. The molecule has 2 heterocycles. The number of hydrogen-bond acceptors (Lipinski definition) is 5. The van der Waals surface area contributed by atoms with Crippen molar-refractivity contribution >= 4 is 29.4 Å². The molecule has 6 nitrogen and oxygen atoms in total. The zero-order chi connectivity index (χ0) is 17.6. The van der Waals surface area contributed by atoms with Crippen LogP contribution in [-0.4, -0.2) is 36.9 Å². The first-order valence-corrected chi connectivity index (χ1v) is 9.03. The minimum absolute atomic E-state index is 0.0646. The van der Waals surface area contributed by atoms with Crippen LogP contribution < -0.4 is 10.0 Å². The molecule has 1 fully saturated rings. The number of rotatable bonds is 5. The van der Waals surface area contributed by atoms with E-state index in [1.807, 2.05) is 0 Å². The molecule has 1 aromatic heterocycles. The average Bonchev–Trinajstić information content (AvgIpc) is 3.14. The van der Waals surface area contributed by atoms with Crippen molar-refractivity contribution in [2.24, 2.45) is 5.92 Å². The molecule has 2 N–H and O–H groups in total. The van der Waals surface area contributed by atoms with Gasteiger partial charge in [0.05, 0.1) is 6.26 Å². The maximum atomic E-state index is 12.7. The molecule has 0 radical (unpaired) electrons. The summed E-state index contributed by atoms with van der Waals surface area (Å²) in [5.41, 5.74) is 1.24. The monoisotopic (exact) mass is 359 g/mol. The van der Waals surface area contributed by atoms with E-state index in [0.29, 0.717) is 16.3 Å². The van der Waals surface area contributed by atoms with Gasteiger partial charge < -0.3 is 14.6 Å². The molecule has 0 spiro atoms. The van der Waals surface area contributed by atoms with Crippen molar-refractivity contribution in [1.29, 1.82) is 0 Å². The number of nitrogens with one attached hydrogen (secondary N) is 2. The van der Waals surface area contributed by atoms with Gasteiger partial charge in [-0.3, -0.25) is 9.52 Å². The fourth-order valence-electron chi connectivity index (χ4n) is 2.83. The molecule has 1 aliphatic heterocycles. The minimum Gasteiger partial charge on any atom is -0.456 e. The third-order valence-corrected chi connectivity index (χ3v) is 4.95. The number of benzene rings is 1. The summed E-state index contributed by atoms with van der Waals surface area (Å²) in [5, 5.41) is 3.34. The van der Waals surface area contributed by atoms with Gasteiger partial charge in [0.15, 0.2) is 10.9 Å². The highest BCUT2D eigenvalue weighted by molar-refractivity contribution is 7.97. The molecule has 1 saturated heterocycles. The third-order valence-electron chi connectivity index (χ3n) is 4.23. The molecule has 0 bridgehead atoms. The van der Waals surface area contributed by atoms with E-state index in [1.165, 1.54) is 0 Å². The van der Waals surface area contributed by atoms with Gasteiger partial charge in [-0.15, -0.1) is 0 Å². The number of ketones is 1. The summed E-state index contributed by atoms with van der Waals surface area (Å²) < 4.78 is 7.76. The molecule has 1 aromatic carbocycles. The number of nitrogens with zero attached hydrogens (tertiary/aromatic N) is 1. The molecule has 7 heteroatoms. The summed E-state index contributed by atoms with van der Waals surface area (Å²) in [4.78, 5) is 26.9. The second-order valence-electron chi connectivity index (χ2n) is 6.11. The van der Waals surface area contributed by atoms with E-state index in [2.05, 4.69) is 22.0 Å². The van der Waals surface area contributed by atoms with E-state index in [4.69, 9.17) is 4.42 Å². The van der Waals surface area contributed by atoms with E-state index < -0.39 is 0 Å². The number of furan rings is 1. The summed E-state index contributed by atoms with van der Waals surface area (Å²) >= 11 is 1.09. The van der Waals surface area contributed by atoms with Crippen molar-refractivity contribution in [3.63, 3.8) is 0 Å². The third kappa shape index (κ3) is 4.87. The molecule has 25 heavy (non-hydrogen) atoms. The van der Waals surface area contributed by atoms with Crippen LogP contribution >= 0.6 is 11.9 Å². The van der Waals surface area contributed by atoms with Crippen molar-refractivity contribution in [2.45, 2.75) is 17.9 Å². The van der Waals surface area contributed by atoms with Gasteiger partial charge in [-0.05, 0) is 57.2 Å². The fraction of sp³-hybridized carbons (Fsp3) is 0.333. The van der Waals surface area contributed by atoms with E-state index >= 15 is 0 Å². The standard InChI is InChI=1S/C18H21N3O3S/c1-21-9-7-13(8-10-21)17(22)14-4-2-5-15(12-14)19-18(23)20-25-16-6-3-11-24-16/h2-6,11-13H,7-10H2,1H3,(H2,19,20,23). The summed E-state index contributed by atoms with van der Waals surface area (Å²) in [6, 6.07) is 10.2. The highest BCUT2D eigenvalue weighted by Gasteiger charge is 2.24. The van der Waals surface area contributed by atoms with E-state index in [9.17, 15) is 9.59 Å². The van der Waals surface area contributed by atoms with Crippen molar-refractivity contribution in [3.8, 4) is 0 Å². The highest BCUT2D eigenvalue weighted by atomic mass is 32.2. The van der Waals surface area contributed by atoms with Crippen LogP contribution in [0.2, 0.25) is 0 Å². The van der Waals surface area contributed by atoms with Gasteiger partial charge in [0.2, 0.25) is 0 Å².